The van der Waals surface area contributed by atoms with Crippen molar-refractivity contribution in [2.45, 2.75) is 32.5 Å². The molecular weight excluding hydrogens is 346 g/mol. The van der Waals surface area contributed by atoms with Crippen LogP contribution in [0.1, 0.15) is 37.1 Å². The fourth-order valence-electron chi connectivity index (χ4n) is 3.66. The zero-order valence-electron chi connectivity index (χ0n) is 15.2. The number of pyridine rings is 1. The summed E-state index contributed by atoms with van der Waals surface area (Å²) in [4.78, 5) is 7.17. The molecule has 1 N–H and O–H groups in total. The van der Waals surface area contributed by atoms with E-state index in [1.54, 1.807) is 0 Å². The predicted molar refractivity (Wildman–Crippen MR) is 105 cm³/mol. The van der Waals surface area contributed by atoms with Crippen LogP contribution in [0.2, 0.25) is 5.02 Å². The van der Waals surface area contributed by atoms with E-state index in [-0.39, 0.29) is 0 Å². The van der Waals surface area contributed by atoms with Crippen molar-refractivity contribution in [1.29, 1.82) is 0 Å². The molecule has 136 valence electrons. The van der Waals surface area contributed by atoms with Crippen molar-refractivity contribution in [1.82, 2.24) is 25.0 Å². The minimum atomic E-state index is 0.311. The van der Waals surface area contributed by atoms with Crippen LogP contribution in [0.3, 0.4) is 0 Å². The monoisotopic (exact) mass is 369 g/mol. The maximum Gasteiger partial charge on any atom is 0.157 e. The van der Waals surface area contributed by atoms with Crippen LogP contribution in [0.5, 0.6) is 0 Å². The van der Waals surface area contributed by atoms with Crippen molar-refractivity contribution in [3.63, 3.8) is 0 Å². The van der Waals surface area contributed by atoms with Gasteiger partial charge in [-0.25, -0.2) is 9.67 Å². The Morgan fingerprint density at radius 2 is 2.15 bits per heavy atom. The molecule has 1 unspecified atom stereocenters. The second-order valence-electron chi connectivity index (χ2n) is 7.18. The van der Waals surface area contributed by atoms with Crippen LogP contribution in [0.4, 0.5) is 0 Å². The first kappa shape index (κ1) is 17.5. The van der Waals surface area contributed by atoms with Gasteiger partial charge in [0.2, 0.25) is 0 Å². The van der Waals surface area contributed by atoms with Gasteiger partial charge in [-0.3, -0.25) is 4.90 Å². The molecule has 1 atom stereocenters. The Hall–Kier alpha value is -1.95. The molecule has 4 rings (SSSR count). The number of fused-ring (bicyclic) bond motifs is 1. The highest BCUT2D eigenvalue weighted by Gasteiger charge is 2.24. The molecule has 0 spiro atoms. The first-order valence-electron chi connectivity index (χ1n) is 9.14. The van der Waals surface area contributed by atoms with Crippen molar-refractivity contribution in [3.05, 3.63) is 58.9 Å². The second-order valence-corrected chi connectivity index (χ2v) is 7.62. The van der Waals surface area contributed by atoms with E-state index >= 15 is 0 Å². The van der Waals surface area contributed by atoms with Gasteiger partial charge in [0.1, 0.15) is 0 Å². The molecule has 2 aromatic heterocycles. The molecule has 0 radical (unpaired) electrons. The Morgan fingerprint density at radius 1 is 1.27 bits per heavy atom. The molecule has 0 saturated carbocycles. The average molecular weight is 370 g/mol. The van der Waals surface area contributed by atoms with Gasteiger partial charge in [0.05, 0.1) is 6.20 Å². The summed E-state index contributed by atoms with van der Waals surface area (Å²) in [5.41, 5.74) is 3.43. The molecule has 3 heterocycles. The smallest absolute Gasteiger partial charge is 0.157 e. The molecule has 0 aliphatic carbocycles. The largest absolute Gasteiger partial charge is 0.314 e. The maximum atomic E-state index is 6.21. The highest BCUT2D eigenvalue weighted by atomic mass is 35.5. The highest BCUT2D eigenvalue weighted by molar-refractivity contribution is 6.30. The van der Waals surface area contributed by atoms with Gasteiger partial charge in [0.15, 0.2) is 5.65 Å². The first-order valence-corrected chi connectivity index (χ1v) is 9.52. The zero-order chi connectivity index (χ0) is 18.1. The quantitative estimate of drug-likeness (QED) is 0.759. The molecule has 0 amide bonds. The number of hydrogen-bond donors (Lipinski definition) is 1. The first-order chi connectivity index (χ1) is 12.6. The van der Waals surface area contributed by atoms with Crippen LogP contribution in [0.25, 0.3) is 11.0 Å². The molecule has 3 aromatic rings. The van der Waals surface area contributed by atoms with Crippen LogP contribution >= 0.6 is 11.6 Å². The standard InChI is InChI=1S/C20H24ClN5/c1-14(2)26-20-17(11-24-26)8-15(10-23-20)13-25-7-6-22-12-19(25)16-4-3-5-18(21)9-16/h3-5,8-11,14,19,22H,6-7,12-13H2,1-2H3. The van der Waals surface area contributed by atoms with Crippen molar-refractivity contribution in [2.24, 2.45) is 0 Å². The van der Waals surface area contributed by atoms with E-state index in [1.807, 2.05) is 29.2 Å². The SMILES string of the molecule is CC(C)n1ncc2cc(CN3CCNCC3c3cccc(Cl)c3)cnc21. The summed E-state index contributed by atoms with van der Waals surface area (Å²) in [5.74, 6) is 0. The molecule has 1 aliphatic rings. The summed E-state index contributed by atoms with van der Waals surface area (Å²) in [6.07, 6.45) is 3.90. The van der Waals surface area contributed by atoms with Crippen molar-refractivity contribution >= 4 is 22.6 Å². The van der Waals surface area contributed by atoms with Gasteiger partial charge in [0.25, 0.3) is 0 Å². The molecule has 26 heavy (non-hydrogen) atoms. The van der Waals surface area contributed by atoms with Crippen molar-refractivity contribution in [2.75, 3.05) is 19.6 Å². The van der Waals surface area contributed by atoms with Crippen LogP contribution in [-0.2, 0) is 6.54 Å². The third-order valence-corrected chi connectivity index (χ3v) is 5.19. The average Bonchev–Trinajstić information content (AvgIpc) is 3.06. The lowest BCUT2D eigenvalue weighted by Crippen LogP contribution is -2.45. The van der Waals surface area contributed by atoms with Crippen molar-refractivity contribution in [3.8, 4) is 0 Å². The Morgan fingerprint density at radius 3 is 2.96 bits per heavy atom. The Labute approximate surface area is 159 Å². The van der Waals surface area contributed by atoms with E-state index in [2.05, 4.69) is 52.3 Å². The third-order valence-electron chi connectivity index (χ3n) is 4.95. The van der Waals surface area contributed by atoms with E-state index in [0.29, 0.717) is 12.1 Å². The Kier molecular flexibility index (Phi) is 4.94. The van der Waals surface area contributed by atoms with Gasteiger partial charge >= 0.3 is 0 Å². The Balaban J connectivity index is 1.59. The zero-order valence-corrected chi connectivity index (χ0v) is 15.9. The molecule has 0 bridgehead atoms. The van der Waals surface area contributed by atoms with Crippen molar-refractivity contribution < 1.29 is 0 Å². The molecule has 1 aliphatic heterocycles. The van der Waals surface area contributed by atoms with E-state index < -0.39 is 0 Å². The summed E-state index contributed by atoms with van der Waals surface area (Å²) in [6, 6.07) is 11.0. The molecular formula is C20H24ClN5. The number of aromatic nitrogens is 3. The number of hydrogen-bond acceptors (Lipinski definition) is 4. The molecule has 5 nitrogen and oxygen atoms in total. The minimum absolute atomic E-state index is 0.311. The number of nitrogens with one attached hydrogen (secondary N) is 1. The van der Waals surface area contributed by atoms with E-state index in [4.69, 9.17) is 11.6 Å². The minimum Gasteiger partial charge on any atom is -0.314 e. The topological polar surface area (TPSA) is 46.0 Å². The van der Waals surface area contributed by atoms with Gasteiger partial charge in [-0.2, -0.15) is 5.10 Å². The van der Waals surface area contributed by atoms with E-state index in [0.717, 1.165) is 42.2 Å². The molecule has 1 fully saturated rings. The third kappa shape index (κ3) is 3.47. The van der Waals surface area contributed by atoms with Crippen LogP contribution in [0.15, 0.2) is 42.7 Å². The Bertz CT molecular complexity index is 904. The molecule has 1 aromatic carbocycles. The lowest BCUT2D eigenvalue weighted by Gasteiger charge is -2.36. The molecule has 6 heteroatoms. The van der Waals surface area contributed by atoms with Crippen LogP contribution in [-0.4, -0.2) is 39.3 Å². The fraction of sp³-hybridized carbons (Fsp3) is 0.400. The van der Waals surface area contributed by atoms with Gasteiger partial charge in [-0.05, 0) is 43.2 Å². The normalized spacial score (nSPS) is 18.7. The summed E-state index contributed by atoms with van der Waals surface area (Å²) in [6.45, 7) is 8.05. The maximum absolute atomic E-state index is 6.21. The fourth-order valence-corrected chi connectivity index (χ4v) is 3.86. The molecule has 1 saturated heterocycles. The number of piperazine rings is 1. The second kappa shape index (κ2) is 7.35. The summed E-state index contributed by atoms with van der Waals surface area (Å²) >= 11 is 6.21. The summed E-state index contributed by atoms with van der Waals surface area (Å²) in [5, 5.41) is 9.86. The van der Waals surface area contributed by atoms with Gasteiger partial charge < -0.3 is 5.32 Å². The highest BCUT2D eigenvalue weighted by Crippen LogP contribution is 2.27. The lowest BCUT2D eigenvalue weighted by atomic mass is 10.0. The van der Waals surface area contributed by atoms with Gasteiger partial charge in [-0.15, -0.1) is 0 Å². The predicted octanol–water partition coefficient (Wildman–Crippen LogP) is 3.81. The van der Waals surface area contributed by atoms with E-state index in [9.17, 15) is 0 Å². The van der Waals surface area contributed by atoms with Gasteiger partial charge in [0, 0.05) is 54.9 Å². The van der Waals surface area contributed by atoms with Crippen LogP contribution < -0.4 is 5.32 Å². The van der Waals surface area contributed by atoms with Crippen LogP contribution in [0, 0.1) is 0 Å². The van der Waals surface area contributed by atoms with E-state index in [1.165, 1.54) is 11.1 Å². The van der Waals surface area contributed by atoms with Gasteiger partial charge in [-0.1, -0.05) is 23.7 Å². The summed E-state index contributed by atoms with van der Waals surface area (Å²) < 4.78 is 1.97. The number of halogens is 1. The summed E-state index contributed by atoms with van der Waals surface area (Å²) in [7, 11) is 0. The number of nitrogens with zero attached hydrogens (tertiary/aromatic N) is 4. The lowest BCUT2D eigenvalue weighted by molar-refractivity contribution is 0.153. The number of benzene rings is 1. The number of rotatable bonds is 4.